The second kappa shape index (κ2) is 3.96. The number of nitrogens with one attached hydrogen (secondary N) is 1. The van der Waals surface area contributed by atoms with Crippen LogP contribution >= 0.6 is 23.4 Å². The number of aromatic amines is 1. The molecular weight excluding hydrogens is 254 g/mol. The quantitative estimate of drug-likeness (QED) is 0.778. The molecule has 3 nitrogen and oxygen atoms in total. The third kappa shape index (κ3) is 1.91. The van der Waals surface area contributed by atoms with Gasteiger partial charge in [0.05, 0.1) is 22.9 Å². The maximum absolute atomic E-state index is 5.99. The van der Waals surface area contributed by atoms with Crippen molar-refractivity contribution in [1.29, 1.82) is 0 Å². The number of hydrogen-bond acceptors (Lipinski definition) is 3. The topological polar surface area (TPSA) is 54.2 Å². The molecule has 1 atom stereocenters. The Labute approximate surface area is 108 Å². The number of fused-ring (bicyclic) bond motifs is 1. The van der Waals surface area contributed by atoms with Crippen molar-refractivity contribution in [3.05, 3.63) is 28.9 Å². The summed E-state index contributed by atoms with van der Waals surface area (Å²) in [6.45, 7) is 2.12. The number of thioether (sulfide) groups is 1. The lowest BCUT2D eigenvalue weighted by Gasteiger charge is -1.97. The fourth-order valence-electron chi connectivity index (χ4n) is 1.97. The van der Waals surface area contributed by atoms with E-state index in [1.54, 1.807) is 17.8 Å². The highest BCUT2D eigenvalue weighted by Gasteiger charge is 2.17. The summed E-state index contributed by atoms with van der Waals surface area (Å²) in [7, 11) is 0. The van der Waals surface area contributed by atoms with E-state index in [1.807, 2.05) is 6.07 Å². The molecule has 1 aromatic carbocycles. The minimum atomic E-state index is 0.391. The second-order valence-electron chi connectivity index (χ2n) is 4.24. The summed E-state index contributed by atoms with van der Waals surface area (Å²) < 4.78 is 0. The Bertz CT molecular complexity index is 617. The van der Waals surface area contributed by atoms with Gasteiger partial charge in [0.25, 0.3) is 0 Å². The zero-order valence-corrected chi connectivity index (χ0v) is 10.9. The third-order valence-electron chi connectivity index (χ3n) is 2.75. The predicted octanol–water partition coefficient (Wildman–Crippen LogP) is 3.29. The van der Waals surface area contributed by atoms with Crippen LogP contribution in [-0.2, 0) is 0 Å². The highest BCUT2D eigenvalue weighted by molar-refractivity contribution is 8.14. The molecule has 0 saturated heterocycles. The number of H-pyrrole nitrogens is 1. The first-order chi connectivity index (χ1) is 8.13. The molecule has 3 N–H and O–H groups in total. The van der Waals surface area contributed by atoms with Crippen LogP contribution in [0.4, 0.5) is 5.69 Å². The molecule has 1 aromatic heterocycles. The largest absolute Gasteiger partial charge is 0.397 e. The molecule has 1 aliphatic heterocycles. The molecule has 1 aliphatic rings. The molecule has 3 rings (SSSR count). The van der Waals surface area contributed by atoms with Gasteiger partial charge in [0.15, 0.2) is 0 Å². The van der Waals surface area contributed by atoms with Crippen molar-refractivity contribution < 1.29 is 0 Å². The van der Waals surface area contributed by atoms with Gasteiger partial charge in [0, 0.05) is 16.2 Å². The van der Waals surface area contributed by atoms with Crippen molar-refractivity contribution in [1.82, 2.24) is 4.98 Å². The number of anilines is 1. The summed E-state index contributed by atoms with van der Waals surface area (Å²) in [4.78, 5) is 7.90. The van der Waals surface area contributed by atoms with Gasteiger partial charge in [-0.25, -0.2) is 0 Å². The van der Waals surface area contributed by atoms with Crippen LogP contribution in [0.15, 0.2) is 23.2 Å². The van der Waals surface area contributed by atoms with Crippen LogP contribution in [0.5, 0.6) is 0 Å². The molecule has 88 valence electrons. The lowest BCUT2D eigenvalue weighted by molar-refractivity contribution is 0.865. The van der Waals surface area contributed by atoms with E-state index in [-0.39, 0.29) is 0 Å². The lowest BCUT2D eigenvalue weighted by atomic mass is 10.2. The van der Waals surface area contributed by atoms with Gasteiger partial charge in [-0.2, -0.15) is 0 Å². The zero-order valence-electron chi connectivity index (χ0n) is 9.33. The van der Waals surface area contributed by atoms with E-state index in [2.05, 4.69) is 23.0 Å². The normalized spacial score (nSPS) is 19.9. The molecule has 1 unspecified atom stereocenters. The highest BCUT2D eigenvalue weighted by atomic mass is 35.5. The van der Waals surface area contributed by atoms with E-state index in [1.165, 1.54) is 0 Å². The summed E-state index contributed by atoms with van der Waals surface area (Å²) in [6, 6.07) is 6.12. The number of aliphatic imine (C=N–C) groups is 1. The number of benzene rings is 1. The van der Waals surface area contributed by atoms with Crippen molar-refractivity contribution in [2.45, 2.75) is 13.0 Å². The van der Waals surface area contributed by atoms with Gasteiger partial charge < -0.3 is 10.7 Å². The summed E-state index contributed by atoms with van der Waals surface area (Å²) >= 11 is 7.76. The van der Waals surface area contributed by atoms with Crippen LogP contribution < -0.4 is 5.73 Å². The fourth-order valence-corrected chi connectivity index (χ4v) is 3.20. The molecule has 0 saturated carbocycles. The molecule has 0 amide bonds. The monoisotopic (exact) mass is 265 g/mol. The molecule has 0 bridgehead atoms. The summed E-state index contributed by atoms with van der Waals surface area (Å²) in [6.07, 6.45) is 0. The molecule has 0 aliphatic carbocycles. The third-order valence-corrected chi connectivity index (χ3v) is 4.22. The first-order valence-corrected chi connectivity index (χ1v) is 6.78. The number of halogens is 1. The Morgan fingerprint density at radius 2 is 2.29 bits per heavy atom. The summed E-state index contributed by atoms with van der Waals surface area (Å²) in [5.41, 5.74) is 8.58. The van der Waals surface area contributed by atoms with Gasteiger partial charge in [-0.3, -0.25) is 4.99 Å². The predicted molar refractivity (Wildman–Crippen MR) is 76.2 cm³/mol. The molecule has 2 heterocycles. The van der Waals surface area contributed by atoms with E-state index in [9.17, 15) is 0 Å². The van der Waals surface area contributed by atoms with Gasteiger partial charge in [0.2, 0.25) is 0 Å². The van der Waals surface area contributed by atoms with Crippen LogP contribution in [-0.4, -0.2) is 21.8 Å². The minimum absolute atomic E-state index is 0.391. The highest BCUT2D eigenvalue weighted by Crippen LogP contribution is 2.29. The molecular formula is C12H12ClN3S. The number of nitrogen functional groups attached to an aromatic ring is 1. The Morgan fingerprint density at radius 1 is 1.47 bits per heavy atom. The average Bonchev–Trinajstić information content (AvgIpc) is 2.83. The van der Waals surface area contributed by atoms with E-state index in [0.717, 1.165) is 27.4 Å². The standard InChI is InChI=1S/C12H12ClN3S/c1-6-5-17-12(15-6)10-3-7-2-8(13)4-9(14)11(7)16-10/h2-4,6,16H,5,14H2,1H3. The Balaban J connectivity index is 2.14. The van der Waals surface area contributed by atoms with E-state index < -0.39 is 0 Å². The minimum Gasteiger partial charge on any atom is -0.397 e. The molecule has 0 spiro atoms. The Kier molecular flexibility index (Phi) is 2.56. The van der Waals surface area contributed by atoms with Gasteiger partial charge in [-0.05, 0) is 25.1 Å². The number of aromatic nitrogens is 1. The maximum Gasteiger partial charge on any atom is 0.114 e. The summed E-state index contributed by atoms with van der Waals surface area (Å²) in [5, 5.41) is 2.76. The Morgan fingerprint density at radius 3 is 3.00 bits per heavy atom. The van der Waals surface area contributed by atoms with Crippen molar-refractivity contribution in [2.75, 3.05) is 11.5 Å². The smallest absolute Gasteiger partial charge is 0.114 e. The lowest BCUT2D eigenvalue weighted by Crippen LogP contribution is -1.93. The number of rotatable bonds is 1. The molecule has 0 radical (unpaired) electrons. The number of nitrogens with zero attached hydrogens (tertiary/aromatic N) is 1. The van der Waals surface area contributed by atoms with Gasteiger partial charge in [-0.1, -0.05) is 11.6 Å². The van der Waals surface area contributed by atoms with Crippen molar-refractivity contribution in [3.63, 3.8) is 0 Å². The molecule has 2 aromatic rings. The zero-order chi connectivity index (χ0) is 12.0. The van der Waals surface area contributed by atoms with E-state index in [0.29, 0.717) is 16.8 Å². The number of nitrogens with two attached hydrogens (primary N) is 1. The first-order valence-electron chi connectivity index (χ1n) is 5.42. The van der Waals surface area contributed by atoms with Crippen LogP contribution in [0.1, 0.15) is 12.6 Å². The number of hydrogen-bond donors (Lipinski definition) is 2. The Hall–Kier alpha value is -1.13. The summed E-state index contributed by atoms with van der Waals surface area (Å²) in [5.74, 6) is 1.04. The molecule has 5 heteroatoms. The van der Waals surface area contributed by atoms with Crippen molar-refractivity contribution in [2.24, 2.45) is 4.99 Å². The van der Waals surface area contributed by atoms with Crippen molar-refractivity contribution in [3.8, 4) is 0 Å². The van der Waals surface area contributed by atoms with Gasteiger partial charge in [0.1, 0.15) is 5.04 Å². The van der Waals surface area contributed by atoms with Crippen molar-refractivity contribution >= 4 is 45.0 Å². The first kappa shape index (κ1) is 11.0. The van der Waals surface area contributed by atoms with Gasteiger partial charge in [-0.15, -0.1) is 11.8 Å². The molecule has 0 fully saturated rings. The molecule has 17 heavy (non-hydrogen) atoms. The van der Waals surface area contributed by atoms with Crippen LogP contribution in [0.3, 0.4) is 0 Å². The van der Waals surface area contributed by atoms with E-state index in [4.69, 9.17) is 17.3 Å². The van der Waals surface area contributed by atoms with Gasteiger partial charge >= 0.3 is 0 Å². The van der Waals surface area contributed by atoms with Crippen LogP contribution in [0.2, 0.25) is 5.02 Å². The van der Waals surface area contributed by atoms with Crippen LogP contribution in [0, 0.1) is 0 Å². The average molecular weight is 266 g/mol. The SMILES string of the molecule is CC1CSC(c2cc3cc(Cl)cc(N)c3[nH]2)=N1. The fraction of sp³-hybridized carbons (Fsp3) is 0.250. The second-order valence-corrected chi connectivity index (χ2v) is 5.68. The van der Waals surface area contributed by atoms with Crippen LogP contribution in [0.25, 0.3) is 10.9 Å². The van der Waals surface area contributed by atoms with E-state index >= 15 is 0 Å². The maximum atomic E-state index is 5.99.